The molecule has 0 aliphatic heterocycles. The molecule has 0 bridgehead atoms. The molecule has 0 radical (unpaired) electrons. The lowest BCUT2D eigenvalue weighted by molar-refractivity contribution is -0.121. The van der Waals surface area contributed by atoms with E-state index in [1.54, 1.807) is 32.6 Å². The lowest BCUT2D eigenvalue weighted by Gasteiger charge is -2.07. The Labute approximate surface area is 168 Å². The highest BCUT2D eigenvalue weighted by atomic mass is 35.5. The number of carbonyl (C=O) groups excluding carboxylic acids is 1. The van der Waals surface area contributed by atoms with Crippen LogP contribution in [0.25, 0.3) is 10.9 Å². The van der Waals surface area contributed by atoms with Crippen LogP contribution in [0.2, 0.25) is 5.02 Å². The number of aryl methyl sites for hydroxylation is 2. The summed E-state index contributed by atoms with van der Waals surface area (Å²) in [6.45, 7) is 2.54. The molecule has 3 rings (SSSR count). The van der Waals surface area contributed by atoms with E-state index in [4.69, 9.17) is 21.1 Å². The minimum atomic E-state index is -0.178. The van der Waals surface area contributed by atoms with Crippen molar-refractivity contribution < 1.29 is 14.3 Å². The number of aromatic nitrogens is 1. The Balaban J connectivity index is 1.60. The van der Waals surface area contributed by atoms with Gasteiger partial charge in [-0.05, 0) is 42.3 Å². The third-order valence-corrected chi connectivity index (χ3v) is 4.75. The summed E-state index contributed by atoms with van der Waals surface area (Å²) in [7, 11) is 3.15. The molecular weight excluding hydrogens is 378 g/mol. The van der Waals surface area contributed by atoms with Crippen molar-refractivity contribution in [2.24, 2.45) is 5.10 Å². The Morgan fingerprint density at radius 3 is 2.75 bits per heavy atom. The Hall–Kier alpha value is -2.99. The van der Waals surface area contributed by atoms with Gasteiger partial charge in [-0.1, -0.05) is 23.7 Å². The van der Waals surface area contributed by atoms with Crippen LogP contribution in [0.1, 0.15) is 17.5 Å². The molecule has 1 amide bonds. The second-order valence-corrected chi connectivity index (χ2v) is 6.70. The molecule has 7 heteroatoms. The number of hydrogen-bond acceptors (Lipinski definition) is 4. The topological polar surface area (TPSA) is 64.8 Å². The van der Waals surface area contributed by atoms with Crippen molar-refractivity contribution in [3.63, 3.8) is 0 Å². The molecule has 0 atom stereocenters. The maximum Gasteiger partial charge on any atom is 0.241 e. The van der Waals surface area contributed by atoms with Crippen LogP contribution >= 0.6 is 11.6 Å². The van der Waals surface area contributed by atoms with Crippen LogP contribution in [0.3, 0.4) is 0 Å². The van der Waals surface area contributed by atoms with E-state index in [1.165, 1.54) is 0 Å². The van der Waals surface area contributed by atoms with Crippen molar-refractivity contribution in [2.45, 2.75) is 19.9 Å². The number of ether oxygens (including phenoxy) is 2. The molecule has 3 aromatic rings. The Bertz CT molecular complexity index is 1030. The number of amides is 1. The summed E-state index contributed by atoms with van der Waals surface area (Å²) in [5.41, 5.74) is 5.47. The van der Waals surface area contributed by atoms with Crippen LogP contribution in [0.5, 0.6) is 11.5 Å². The zero-order chi connectivity index (χ0) is 20.1. The average molecular weight is 400 g/mol. The van der Waals surface area contributed by atoms with Gasteiger partial charge >= 0.3 is 0 Å². The summed E-state index contributed by atoms with van der Waals surface area (Å²) in [5, 5.41) is 5.73. The van der Waals surface area contributed by atoms with Crippen LogP contribution in [0.15, 0.2) is 47.7 Å². The van der Waals surface area contributed by atoms with Gasteiger partial charge in [-0.3, -0.25) is 4.79 Å². The van der Waals surface area contributed by atoms with E-state index >= 15 is 0 Å². The van der Waals surface area contributed by atoms with Crippen LogP contribution in [-0.2, 0) is 11.3 Å². The molecule has 0 aliphatic rings. The van der Waals surface area contributed by atoms with E-state index in [0.29, 0.717) is 23.1 Å². The standard InChI is InChI=1S/C21H22ClN3O3/c1-14-5-4-6-17-21(14)16(22)13-25(17)10-9-20(26)24-23-12-15-7-8-18(27-2)19(11-15)28-3/h4-8,11-13H,9-10H2,1-3H3,(H,24,26). The van der Waals surface area contributed by atoms with E-state index in [2.05, 4.69) is 10.5 Å². The monoisotopic (exact) mass is 399 g/mol. The van der Waals surface area contributed by atoms with E-state index in [1.807, 2.05) is 42.0 Å². The fraction of sp³-hybridized carbons (Fsp3) is 0.238. The van der Waals surface area contributed by atoms with Crippen molar-refractivity contribution >= 4 is 34.6 Å². The quantitative estimate of drug-likeness (QED) is 0.479. The number of nitrogens with one attached hydrogen (secondary N) is 1. The van der Waals surface area contributed by atoms with Gasteiger partial charge in [0, 0.05) is 30.1 Å². The summed E-state index contributed by atoms with van der Waals surface area (Å²) in [4.78, 5) is 12.1. The number of halogens is 1. The second-order valence-electron chi connectivity index (χ2n) is 6.30. The minimum Gasteiger partial charge on any atom is -0.493 e. The molecule has 0 unspecified atom stereocenters. The van der Waals surface area contributed by atoms with Crippen molar-refractivity contribution in [1.82, 2.24) is 9.99 Å². The smallest absolute Gasteiger partial charge is 0.241 e. The highest BCUT2D eigenvalue weighted by Crippen LogP contribution is 2.29. The summed E-state index contributed by atoms with van der Waals surface area (Å²) in [6.07, 6.45) is 3.71. The number of methoxy groups -OCH3 is 2. The van der Waals surface area contributed by atoms with Gasteiger partial charge in [-0.15, -0.1) is 0 Å². The van der Waals surface area contributed by atoms with Crippen molar-refractivity contribution in [1.29, 1.82) is 0 Å². The normalized spacial score (nSPS) is 11.1. The van der Waals surface area contributed by atoms with Crippen LogP contribution < -0.4 is 14.9 Å². The van der Waals surface area contributed by atoms with Crippen molar-refractivity contribution in [2.75, 3.05) is 14.2 Å². The maximum atomic E-state index is 12.1. The number of rotatable bonds is 7. The highest BCUT2D eigenvalue weighted by Gasteiger charge is 2.10. The van der Waals surface area contributed by atoms with E-state index in [0.717, 1.165) is 22.0 Å². The van der Waals surface area contributed by atoms with Gasteiger partial charge in [-0.2, -0.15) is 5.10 Å². The molecule has 146 valence electrons. The molecule has 1 heterocycles. The van der Waals surface area contributed by atoms with Gasteiger partial charge in [0.25, 0.3) is 0 Å². The van der Waals surface area contributed by atoms with E-state index in [9.17, 15) is 4.79 Å². The van der Waals surface area contributed by atoms with Crippen molar-refractivity contribution in [3.8, 4) is 11.5 Å². The van der Waals surface area contributed by atoms with Gasteiger partial charge in [0.15, 0.2) is 11.5 Å². The lowest BCUT2D eigenvalue weighted by atomic mass is 10.1. The van der Waals surface area contributed by atoms with Gasteiger partial charge in [0.2, 0.25) is 5.91 Å². The minimum absolute atomic E-state index is 0.178. The zero-order valence-electron chi connectivity index (χ0n) is 16.0. The molecular formula is C21H22ClN3O3. The van der Waals surface area contributed by atoms with Gasteiger partial charge < -0.3 is 14.0 Å². The SMILES string of the molecule is COc1ccc(C=NNC(=O)CCn2cc(Cl)c3c(C)cccc32)cc1OC. The molecule has 1 aromatic heterocycles. The summed E-state index contributed by atoms with van der Waals surface area (Å²) in [6, 6.07) is 11.4. The second kappa shape index (κ2) is 8.80. The van der Waals surface area contributed by atoms with Gasteiger partial charge in [-0.25, -0.2) is 5.43 Å². The first-order valence-electron chi connectivity index (χ1n) is 8.81. The summed E-state index contributed by atoms with van der Waals surface area (Å²) in [5.74, 6) is 1.06. The number of carbonyl (C=O) groups is 1. The fourth-order valence-corrected chi connectivity index (χ4v) is 3.41. The number of hydrogen-bond donors (Lipinski definition) is 1. The molecule has 2 aromatic carbocycles. The number of fused-ring (bicyclic) bond motifs is 1. The number of nitrogens with zero attached hydrogens (tertiary/aromatic N) is 2. The van der Waals surface area contributed by atoms with Crippen LogP contribution in [-0.4, -0.2) is 30.9 Å². The molecule has 0 fully saturated rings. The Morgan fingerprint density at radius 1 is 1.21 bits per heavy atom. The zero-order valence-corrected chi connectivity index (χ0v) is 16.8. The van der Waals surface area contributed by atoms with E-state index in [-0.39, 0.29) is 12.3 Å². The molecule has 6 nitrogen and oxygen atoms in total. The van der Waals surface area contributed by atoms with E-state index < -0.39 is 0 Å². The van der Waals surface area contributed by atoms with Gasteiger partial charge in [0.05, 0.1) is 25.5 Å². The average Bonchev–Trinajstić information content (AvgIpc) is 3.03. The third-order valence-electron chi connectivity index (χ3n) is 4.46. The molecule has 28 heavy (non-hydrogen) atoms. The molecule has 0 aliphatic carbocycles. The molecule has 0 saturated heterocycles. The van der Waals surface area contributed by atoms with Crippen LogP contribution in [0.4, 0.5) is 0 Å². The largest absolute Gasteiger partial charge is 0.493 e. The maximum absolute atomic E-state index is 12.1. The molecule has 0 saturated carbocycles. The summed E-state index contributed by atoms with van der Waals surface area (Å²) >= 11 is 6.33. The molecule has 0 spiro atoms. The summed E-state index contributed by atoms with van der Waals surface area (Å²) < 4.78 is 12.4. The predicted octanol–water partition coefficient (Wildman–Crippen LogP) is 4.16. The first kappa shape index (κ1) is 19.8. The Morgan fingerprint density at radius 2 is 2.00 bits per heavy atom. The lowest BCUT2D eigenvalue weighted by Crippen LogP contribution is -2.19. The first-order chi connectivity index (χ1) is 13.5. The molecule has 1 N–H and O–H groups in total. The third kappa shape index (κ3) is 4.28. The van der Waals surface area contributed by atoms with Crippen molar-refractivity contribution in [3.05, 3.63) is 58.7 Å². The number of benzene rings is 2. The Kier molecular flexibility index (Phi) is 6.21. The number of hydrazone groups is 1. The van der Waals surface area contributed by atoms with Crippen LogP contribution in [0, 0.1) is 6.92 Å². The highest BCUT2D eigenvalue weighted by molar-refractivity contribution is 6.35. The predicted molar refractivity (Wildman–Crippen MR) is 112 cm³/mol. The fourth-order valence-electron chi connectivity index (χ4n) is 3.05. The van der Waals surface area contributed by atoms with Gasteiger partial charge in [0.1, 0.15) is 0 Å². The first-order valence-corrected chi connectivity index (χ1v) is 9.19.